The molecule has 0 aromatic heterocycles. The predicted octanol–water partition coefficient (Wildman–Crippen LogP) is 0.818. The highest BCUT2D eigenvalue weighted by Crippen LogP contribution is 2.17. The van der Waals surface area contributed by atoms with Crippen molar-refractivity contribution in [2.24, 2.45) is 0 Å². The molecule has 0 saturated heterocycles. The summed E-state index contributed by atoms with van der Waals surface area (Å²) in [6.07, 6.45) is 2.77. The first-order valence-corrected chi connectivity index (χ1v) is 3.61. The number of hydrogen-bond acceptors (Lipinski definition) is 2. The molecule has 0 atom stereocenters. The van der Waals surface area contributed by atoms with Gasteiger partial charge in [0.25, 0.3) is 5.78 Å². The molecule has 0 spiro atoms. The molecule has 3 nitrogen and oxygen atoms in total. The minimum Gasteiger partial charge on any atom is -0.287 e. The van der Waals surface area contributed by atoms with Crippen molar-refractivity contribution in [2.45, 2.75) is 0 Å². The largest absolute Gasteiger partial charge is 0.303 e. The molecular formula is C6H4INO2. The maximum atomic E-state index is 10.8. The van der Waals surface area contributed by atoms with Crippen molar-refractivity contribution in [1.82, 2.24) is 4.90 Å². The topological polar surface area (TPSA) is 37.4 Å². The summed E-state index contributed by atoms with van der Waals surface area (Å²) in [5.41, 5.74) is 0. The lowest BCUT2D eigenvalue weighted by molar-refractivity contribution is -0.137. The molecule has 0 aromatic carbocycles. The van der Waals surface area contributed by atoms with Gasteiger partial charge in [-0.15, -0.1) is 0 Å². The van der Waals surface area contributed by atoms with Crippen LogP contribution >= 0.6 is 22.6 Å². The van der Waals surface area contributed by atoms with E-state index in [1.807, 2.05) is 22.6 Å². The Morgan fingerprint density at radius 2 is 2.20 bits per heavy atom. The fourth-order valence-corrected chi connectivity index (χ4v) is 1.13. The second-order valence-corrected chi connectivity index (χ2v) is 2.86. The van der Waals surface area contributed by atoms with Gasteiger partial charge in [-0.05, 0) is 22.6 Å². The van der Waals surface area contributed by atoms with E-state index in [1.165, 1.54) is 17.3 Å². The van der Waals surface area contributed by atoms with Crippen LogP contribution in [0.25, 0.3) is 0 Å². The van der Waals surface area contributed by atoms with E-state index < -0.39 is 11.7 Å². The van der Waals surface area contributed by atoms with Gasteiger partial charge in [0.15, 0.2) is 0 Å². The molecule has 10 heavy (non-hydrogen) atoms. The normalized spacial score (nSPS) is 17.7. The summed E-state index contributed by atoms with van der Waals surface area (Å²) in [6.45, 7) is 3.37. The molecule has 1 aliphatic heterocycles. The molecule has 0 saturated carbocycles. The maximum Gasteiger partial charge on any atom is 0.303 e. The molecule has 0 aromatic rings. The molecule has 1 heterocycles. The van der Waals surface area contributed by atoms with E-state index in [4.69, 9.17) is 0 Å². The quantitative estimate of drug-likeness (QED) is 0.509. The number of ketones is 1. The van der Waals surface area contributed by atoms with E-state index in [9.17, 15) is 9.59 Å². The maximum absolute atomic E-state index is 10.8. The van der Waals surface area contributed by atoms with Gasteiger partial charge in [-0.2, -0.15) is 0 Å². The monoisotopic (exact) mass is 249 g/mol. The van der Waals surface area contributed by atoms with Gasteiger partial charge >= 0.3 is 5.91 Å². The highest BCUT2D eigenvalue weighted by Gasteiger charge is 2.27. The van der Waals surface area contributed by atoms with Crippen molar-refractivity contribution < 1.29 is 9.59 Å². The number of rotatable bonds is 1. The van der Waals surface area contributed by atoms with Crippen molar-refractivity contribution in [3.8, 4) is 0 Å². The molecule has 0 bridgehead atoms. The zero-order chi connectivity index (χ0) is 7.72. The minimum absolute atomic E-state index is 0.433. The summed E-state index contributed by atoms with van der Waals surface area (Å²) in [4.78, 5) is 22.7. The predicted molar refractivity (Wildman–Crippen MR) is 44.2 cm³/mol. The highest BCUT2D eigenvalue weighted by molar-refractivity contribution is 14.1. The zero-order valence-corrected chi connectivity index (χ0v) is 7.16. The van der Waals surface area contributed by atoms with Crippen LogP contribution in [0.5, 0.6) is 0 Å². The Hall–Kier alpha value is -0.650. The van der Waals surface area contributed by atoms with Crippen LogP contribution in [-0.4, -0.2) is 16.6 Å². The van der Waals surface area contributed by atoms with Crippen LogP contribution in [0.3, 0.4) is 0 Å². The van der Waals surface area contributed by atoms with E-state index in [-0.39, 0.29) is 0 Å². The van der Waals surface area contributed by atoms with Crippen LogP contribution < -0.4 is 0 Å². The van der Waals surface area contributed by atoms with E-state index >= 15 is 0 Å². The zero-order valence-electron chi connectivity index (χ0n) is 5.00. The number of halogens is 1. The van der Waals surface area contributed by atoms with Gasteiger partial charge in [-0.25, -0.2) is 0 Å². The van der Waals surface area contributed by atoms with Crippen molar-refractivity contribution in [3.05, 3.63) is 22.6 Å². The second-order valence-electron chi connectivity index (χ2n) is 1.70. The average Bonchev–Trinajstić information content (AvgIpc) is 2.17. The van der Waals surface area contributed by atoms with Crippen molar-refractivity contribution in [1.29, 1.82) is 0 Å². The van der Waals surface area contributed by atoms with Gasteiger partial charge in [0.2, 0.25) is 0 Å². The summed E-state index contributed by atoms with van der Waals surface area (Å²) in [5.74, 6) is -0.986. The number of Topliss-reactive ketones (excluding diaryl/α,β-unsaturated/α-hetero) is 1. The molecule has 4 heteroatoms. The smallest absolute Gasteiger partial charge is 0.287 e. The highest BCUT2D eigenvalue weighted by atomic mass is 127. The van der Waals surface area contributed by atoms with E-state index in [1.54, 1.807) is 0 Å². The van der Waals surface area contributed by atoms with E-state index in [0.717, 1.165) is 0 Å². The first-order valence-electron chi connectivity index (χ1n) is 2.53. The fourth-order valence-electron chi connectivity index (χ4n) is 0.594. The molecule has 0 radical (unpaired) electrons. The molecule has 0 aliphatic carbocycles. The number of hydrogen-bond donors (Lipinski definition) is 0. The van der Waals surface area contributed by atoms with Crippen LogP contribution in [-0.2, 0) is 9.59 Å². The minimum atomic E-state index is -0.528. The fraction of sp³-hybridized carbons (Fsp3) is 0. The summed E-state index contributed by atoms with van der Waals surface area (Å²) in [7, 11) is 0. The molecule has 52 valence electrons. The van der Waals surface area contributed by atoms with Gasteiger partial charge in [-0.3, -0.25) is 14.5 Å². The Bertz CT molecular complexity index is 244. The van der Waals surface area contributed by atoms with Gasteiger partial charge in [0, 0.05) is 12.4 Å². The number of carbonyl (C=O) groups is 2. The molecular weight excluding hydrogens is 245 g/mol. The molecule has 1 amide bonds. The third-order valence-electron chi connectivity index (χ3n) is 1.09. The molecule has 1 rings (SSSR count). The third-order valence-corrected chi connectivity index (χ3v) is 1.86. The second kappa shape index (κ2) is 2.53. The first kappa shape index (κ1) is 7.46. The van der Waals surface area contributed by atoms with Crippen LogP contribution in [0.1, 0.15) is 0 Å². The summed E-state index contributed by atoms with van der Waals surface area (Å²) < 4.78 is 0.433. The van der Waals surface area contributed by atoms with Crippen LogP contribution in [0, 0.1) is 0 Å². The lowest BCUT2D eigenvalue weighted by atomic mass is 10.4. The molecule has 1 aliphatic rings. The van der Waals surface area contributed by atoms with E-state index in [0.29, 0.717) is 3.58 Å². The lowest BCUT2D eigenvalue weighted by Crippen LogP contribution is -2.20. The Morgan fingerprint density at radius 3 is 2.40 bits per heavy atom. The van der Waals surface area contributed by atoms with Crippen molar-refractivity contribution in [2.75, 3.05) is 0 Å². The third kappa shape index (κ3) is 0.985. The molecule has 0 N–H and O–H groups in total. The SMILES string of the molecule is C=CN1C=C(I)C(=O)C1=O. The van der Waals surface area contributed by atoms with E-state index in [2.05, 4.69) is 6.58 Å². The number of amides is 1. The summed E-state index contributed by atoms with van der Waals surface area (Å²) >= 11 is 1.81. The van der Waals surface area contributed by atoms with Gasteiger partial charge in [0.1, 0.15) is 0 Å². The van der Waals surface area contributed by atoms with Crippen molar-refractivity contribution in [3.63, 3.8) is 0 Å². The Labute approximate surface area is 71.5 Å². The van der Waals surface area contributed by atoms with Gasteiger partial charge in [-0.1, -0.05) is 6.58 Å². The Morgan fingerprint density at radius 1 is 1.60 bits per heavy atom. The molecule has 0 fully saturated rings. The van der Waals surface area contributed by atoms with Crippen molar-refractivity contribution >= 4 is 34.3 Å². The van der Waals surface area contributed by atoms with Crippen LogP contribution in [0.4, 0.5) is 0 Å². The summed E-state index contributed by atoms with van der Waals surface area (Å²) in [6, 6.07) is 0. The standard InChI is InChI=1S/C6H4INO2/c1-2-8-3-4(7)5(9)6(8)10/h2-3H,1H2. The lowest BCUT2D eigenvalue weighted by Gasteiger charge is -2.01. The Kier molecular flexibility index (Phi) is 1.89. The summed E-state index contributed by atoms with van der Waals surface area (Å²) in [5, 5.41) is 0. The number of nitrogens with zero attached hydrogens (tertiary/aromatic N) is 1. The average molecular weight is 249 g/mol. The van der Waals surface area contributed by atoms with Crippen LogP contribution in [0.15, 0.2) is 22.6 Å². The van der Waals surface area contributed by atoms with Crippen LogP contribution in [0.2, 0.25) is 0 Å². The first-order chi connectivity index (χ1) is 4.66. The van der Waals surface area contributed by atoms with Gasteiger partial charge < -0.3 is 0 Å². The molecule has 0 unspecified atom stereocenters. The number of carbonyl (C=O) groups excluding carboxylic acids is 2. The Balaban J connectivity index is 2.97. The van der Waals surface area contributed by atoms with Gasteiger partial charge in [0.05, 0.1) is 3.58 Å².